The van der Waals surface area contributed by atoms with Gasteiger partial charge in [-0.05, 0) is 37.1 Å². The molecule has 1 saturated heterocycles. The number of rotatable bonds is 6. The number of likely N-dealkylation sites (tertiary alicyclic amines) is 1. The highest BCUT2D eigenvalue weighted by molar-refractivity contribution is 8.13. The van der Waals surface area contributed by atoms with Gasteiger partial charge >= 0.3 is 0 Å². The number of ether oxygens (including phenoxy) is 1. The van der Waals surface area contributed by atoms with Crippen molar-refractivity contribution in [3.63, 3.8) is 0 Å². The fraction of sp³-hybridized carbons (Fsp3) is 0.588. The highest BCUT2D eigenvalue weighted by Crippen LogP contribution is 2.27. The molecule has 0 saturated carbocycles. The molecule has 0 bridgehead atoms. The maximum absolute atomic E-state index is 11.2. The van der Waals surface area contributed by atoms with Crippen molar-refractivity contribution < 1.29 is 9.53 Å². The molecule has 0 spiro atoms. The Balaban J connectivity index is 1.97. The van der Waals surface area contributed by atoms with Crippen LogP contribution in [0.3, 0.4) is 0 Å². The first-order valence-corrected chi connectivity index (χ1v) is 9.28. The van der Waals surface area contributed by atoms with Crippen molar-refractivity contribution >= 4 is 29.5 Å². The molecule has 1 aromatic rings. The summed E-state index contributed by atoms with van der Waals surface area (Å²) >= 11 is 6.16. The molecule has 122 valence electrons. The SMILES string of the molecule is COc1ccc(CN2CCCCC2C(S)CSC(C)=O)cc1. The third-order valence-electron chi connectivity index (χ3n) is 4.11. The number of carbonyl (C=O) groups excluding carboxylic acids is 1. The van der Waals surface area contributed by atoms with Crippen LogP contribution in [0.5, 0.6) is 5.75 Å². The van der Waals surface area contributed by atoms with E-state index in [0.29, 0.717) is 6.04 Å². The van der Waals surface area contributed by atoms with Crippen LogP contribution in [0.15, 0.2) is 24.3 Å². The van der Waals surface area contributed by atoms with Crippen LogP contribution in [0.25, 0.3) is 0 Å². The van der Waals surface area contributed by atoms with Gasteiger partial charge in [0.05, 0.1) is 7.11 Å². The molecule has 5 heteroatoms. The van der Waals surface area contributed by atoms with Crippen molar-refractivity contribution in [2.45, 2.75) is 44.0 Å². The van der Waals surface area contributed by atoms with Gasteiger partial charge in [0.1, 0.15) is 5.75 Å². The minimum Gasteiger partial charge on any atom is -0.497 e. The molecule has 0 aliphatic carbocycles. The number of methoxy groups -OCH3 is 1. The minimum absolute atomic E-state index is 0.177. The van der Waals surface area contributed by atoms with Crippen molar-refractivity contribution in [2.24, 2.45) is 0 Å². The van der Waals surface area contributed by atoms with Crippen molar-refractivity contribution in [1.82, 2.24) is 4.90 Å². The normalized spacial score (nSPS) is 20.6. The standard InChI is InChI=1S/C17H25NO2S2/c1-13(19)22-12-17(21)16-5-3-4-10-18(16)11-14-6-8-15(20-2)9-7-14/h6-9,16-17,21H,3-5,10-12H2,1-2H3. The minimum atomic E-state index is 0.177. The monoisotopic (exact) mass is 339 g/mol. The maximum atomic E-state index is 11.2. The number of piperidine rings is 1. The number of hydrogen-bond acceptors (Lipinski definition) is 5. The molecule has 1 fully saturated rings. The van der Waals surface area contributed by atoms with Gasteiger partial charge in [0, 0.05) is 30.5 Å². The molecule has 0 radical (unpaired) electrons. The van der Waals surface area contributed by atoms with Crippen LogP contribution in [0.1, 0.15) is 31.7 Å². The second kappa shape index (κ2) is 8.85. The van der Waals surface area contributed by atoms with E-state index >= 15 is 0 Å². The Morgan fingerprint density at radius 2 is 2.14 bits per heavy atom. The predicted octanol–water partition coefficient (Wildman–Crippen LogP) is 3.63. The summed E-state index contributed by atoms with van der Waals surface area (Å²) in [6, 6.07) is 8.73. The Kier molecular flexibility index (Phi) is 7.12. The number of hydrogen-bond donors (Lipinski definition) is 1. The Hall–Kier alpha value is -0.650. The predicted molar refractivity (Wildman–Crippen MR) is 97.0 cm³/mol. The first-order valence-electron chi connectivity index (χ1n) is 7.78. The zero-order chi connectivity index (χ0) is 15.9. The van der Waals surface area contributed by atoms with Gasteiger partial charge in [0.15, 0.2) is 5.12 Å². The van der Waals surface area contributed by atoms with Gasteiger partial charge in [0.25, 0.3) is 0 Å². The van der Waals surface area contributed by atoms with E-state index in [9.17, 15) is 4.79 Å². The topological polar surface area (TPSA) is 29.5 Å². The Morgan fingerprint density at radius 1 is 1.41 bits per heavy atom. The van der Waals surface area contributed by atoms with Crippen molar-refractivity contribution in [2.75, 3.05) is 19.4 Å². The average Bonchev–Trinajstić information content (AvgIpc) is 2.54. The van der Waals surface area contributed by atoms with Crippen LogP contribution < -0.4 is 4.74 Å². The molecule has 1 aliphatic heterocycles. The molecule has 2 unspecified atom stereocenters. The summed E-state index contributed by atoms with van der Waals surface area (Å²) in [7, 11) is 1.69. The molecule has 1 heterocycles. The van der Waals surface area contributed by atoms with E-state index in [2.05, 4.69) is 17.0 Å². The number of benzene rings is 1. The average molecular weight is 340 g/mol. The molecular formula is C17H25NO2S2. The quantitative estimate of drug-likeness (QED) is 0.802. The summed E-state index contributed by atoms with van der Waals surface area (Å²) in [6.45, 7) is 3.68. The molecule has 3 nitrogen and oxygen atoms in total. The van der Waals surface area contributed by atoms with Crippen LogP contribution in [-0.2, 0) is 11.3 Å². The molecular weight excluding hydrogens is 314 g/mol. The lowest BCUT2D eigenvalue weighted by Crippen LogP contribution is -2.45. The third kappa shape index (κ3) is 5.21. The molecule has 22 heavy (non-hydrogen) atoms. The number of thioether (sulfide) groups is 1. The lowest BCUT2D eigenvalue weighted by atomic mass is 9.98. The lowest BCUT2D eigenvalue weighted by molar-refractivity contribution is -0.109. The molecule has 0 amide bonds. The van der Waals surface area contributed by atoms with Gasteiger partial charge in [-0.1, -0.05) is 30.3 Å². The lowest BCUT2D eigenvalue weighted by Gasteiger charge is -2.38. The fourth-order valence-corrected chi connectivity index (χ4v) is 4.12. The molecule has 1 aliphatic rings. The van der Waals surface area contributed by atoms with Crippen molar-refractivity contribution in [3.8, 4) is 5.75 Å². The summed E-state index contributed by atoms with van der Waals surface area (Å²) < 4.78 is 5.21. The van der Waals surface area contributed by atoms with Gasteiger partial charge in [-0.2, -0.15) is 12.6 Å². The Morgan fingerprint density at radius 3 is 2.77 bits per heavy atom. The second-order valence-corrected chi connectivity index (χ2v) is 7.61. The summed E-state index contributed by atoms with van der Waals surface area (Å²) in [6.07, 6.45) is 3.67. The largest absolute Gasteiger partial charge is 0.497 e. The van der Waals surface area contributed by atoms with Crippen molar-refractivity contribution in [3.05, 3.63) is 29.8 Å². The zero-order valence-electron chi connectivity index (χ0n) is 13.3. The van der Waals surface area contributed by atoms with E-state index < -0.39 is 0 Å². The molecule has 0 aromatic heterocycles. The van der Waals surface area contributed by atoms with E-state index in [1.807, 2.05) is 12.1 Å². The van der Waals surface area contributed by atoms with E-state index in [-0.39, 0.29) is 10.4 Å². The highest BCUT2D eigenvalue weighted by atomic mass is 32.2. The van der Waals surface area contributed by atoms with Crippen LogP contribution in [-0.4, -0.2) is 40.7 Å². The molecule has 2 atom stereocenters. The number of thiol groups is 1. The highest BCUT2D eigenvalue weighted by Gasteiger charge is 2.28. The van der Waals surface area contributed by atoms with E-state index in [0.717, 1.165) is 24.6 Å². The maximum Gasteiger partial charge on any atom is 0.185 e. The third-order valence-corrected chi connectivity index (χ3v) is 5.82. The Bertz CT molecular complexity index is 478. The molecule has 0 N–H and O–H groups in total. The number of carbonyl (C=O) groups is 1. The van der Waals surface area contributed by atoms with Crippen LogP contribution >= 0.6 is 24.4 Å². The van der Waals surface area contributed by atoms with Gasteiger partial charge in [-0.3, -0.25) is 9.69 Å². The fourth-order valence-electron chi connectivity index (χ4n) is 2.93. The van der Waals surface area contributed by atoms with Gasteiger partial charge in [0.2, 0.25) is 0 Å². The summed E-state index contributed by atoms with van der Waals surface area (Å²) in [4.78, 5) is 13.7. The molecule has 1 aromatic carbocycles. The van der Waals surface area contributed by atoms with E-state index in [4.69, 9.17) is 17.4 Å². The van der Waals surface area contributed by atoms with Crippen molar-refractivity contribution in [1.29, 1.82) is 0 Å². The summed E-state index contributed by atoms with van der Waals surface area (Å²) in [5, 5.41) is 0.420. The van der Waals surface area contributed by atoms with Crippen LogP contribution in [0.4, 0.5) is 0 Å². The first-order chi connectivity index (χ1) is 10.6. The van der Waals surface area contributed by atoms with E-state index in [1.54, 1.807) is 14.0 Å². The van der Waals surface area contributed by atoms with Crippen LogP contribution in [0.2, 0.25) is 0 Å². The van der Waals surface area contributed by atoms with E-state index in [1.165, 1.54) is 36.6 Å². The first kappa shape index (κ1) is 17.7. The van der Waals surface area contributed by atoms with Gasteiger partial charge in [-0.25, -0.2) is 0 Å². The smallest absolute Gasteiger partial charge is 0.185 e. The summed E-state index contributed by atoms with van der Waals surface area (Å²) in [5.74, 6) is 1.69. The van der Waals surface area contributed by atoms with Gasteiger partial charge in [-0.15, -0.1) is 0 Å². The second-order valence-electron chi connectivity index (χ2n) is 5.75. The van der Waals surface area contributed by atoms with Crippen LogP contribution in [0, 0.1) is 0 Å². The van der Waals surface area contributed by atoms with Gasteiger partial charge < -0.3 is 4.74 Å². The zero-order valence-corrected chi connectivity index (χ0v) is 15.0. The Labute approximate surface area is 143 Å². The summed E-state index contributed by atoms with van der Waals surface area (Å²) in [5.41, 5.74) is 1.30. The number of nitrogens with zero attached hydrogens (tertiary/aromatic N) is 1. The molecule has 2 rings (SSSR count).